The molecular formula is C22H26O4S. The van der Waals surface area contributed by atoms with Gasteiger partial charge in [0.25, 0.3) is 0 Å². The molecule has 4 nitrogen and oxygen atoms in total. The van der Waals surface area contributed by atoms with Gasteiger partial charge in [-0.15, -0.1) is 13.2 Å². The third kappa shape index (κ3) is 3.52. The average molecular weight is 387 g/mol. The predicted octanol–water partition coefficient (Wildman–Crippen LogP) is 4.62. The number of aromatic hydroxyl groups is 2. The lowest BCUT2D eigenvalue weighted by Crippen LogP contribution is -2.10. The van der Waals surface area contributed by atoms with E-state index in [0.29, 0.717) is 46.2 Å². The maximum absolute atomic E-state index is 13.5. The van der Waals surface area contributed by atoms with Crippen molar-refractivity contribution in [2.24, 2.45) is 0 Å². The number of aryl methyl sites for hydroxylation is 2. The first-order chi connectivity index (χ1) is 12.6. The summed E-state index contributed by atoms with van der Waals surface area (Å²) in [5.41, 5.74) is 3.12. The minimum absolute atomic E-state index is 0.0947. The fourth-order valence-corrected chi connectivity index (χ4v) is 5.29. The molecule has 0 spiro atoms. The fraction of sp³-hybridized carbons (Fsp3) is 0.273. The standard InChI is InChI=1S/C22H26O4S/c1-7-9-17-15(5)19(11-13(3)21(17)23)27(25,26)20-12-14(4)22(24)18(10-8-2)16(20)6/h7-8,11-12,23-24H,1-2,9-10H2,3-6H3. The molecule has 27 heavy (non-hydrogen) atoms. The van der Waals surface area contributed by atoms with E-state index in [-0.39, 0.29) is 21.3 Å². The summed E-state index contributed by atoms with van der Waals surface area (Å²) in [6.07, 6.45) is 4.01. The molecule has 0 bridgehead atoms. The third-order valence-corrected chi connectivity index (χ3v) is 6.94. The largest absolute Gasteiger partial charge is 0.507 e. The summed E-state index contributed by atoms with van der Waals surface area (Å²) in [5, 5.41) is 20.7. The Morgan fingerprint density at radius 2 is 1.15 bits per heavy atom. The number of benzene rings is 2. The molecule has 144 valence electrons. The van der Waals surface area contributed by atoms with Crippen LogP contribution >= 0.6 is 0 Å². The van der Waals surface area contributed by atoms with Crippen molar-refractivity contribution < 1.29 is 18.6 Å². The summed E-state index contributed by atoms with van der Waals surface area (Å²) in [4.78, 5) is 0.319. The first-order valence-electron chi connectivity index (χ1n) is 8.68. The van der Waals surface area contributed by atoms with Crippen molar-refractivity contribution >= 4 is 9.84 Å². The number of phenolic OH excluding ortho intramolecular Hbond substituents is 2. The summed E-state index contributed by atoms with van der Waals surface area (Å²) in [6, 6.07) is 3.00. The fourth-order valence-electron chi connectivity index (χ4n) is 3.34. The first-order valence-corrected chi connectivity index (χ1v) is 10.2. The maximum atomic E-state index is 13.5. The molecule has 0 fully saturated rings. The van der Waals surface area contributed by atoms with Crippen LogP contribution in [0.25, 0.3) is 0 Å². The van der Waals surface area contributed by atoms with Gasteiger partial charge in [0.2, 0.25) is 9.84 Å². The Morgan fingerprint density at radius 3 is 1.44 bits per heavy atom. The molecule has 0 aliphatic rings. The molecule has 0 aliphatic heterocycles. The molecule has 2 rings (SSSR count). The topological polar surface area (TPSA) is 74.6 Å². The van der Waals surface area contributed by atoms with E-state index < -0.39 is 9.84 Å². The number of hydrogen-bond acceptors (Lipinski definition) is 4. The van der Waals surface area contributed by atoms with Gasteiger partial charge in [-0.05, 0) is 74.9 Å². The zero-order chi connectivity index (χ0) is 20.5. The highest BCUT2D eigenvalue weighted by atomic mass is 32.2. The van der Waals surface area contributed by atoms with E-state index in [1.54, 1.807) is 39.8 Å². The average Bonchev–Trinajstić information content (AvgIpc) is 2.61. The van der Waals surface area contributed by atoms with E-state index in [1.165, 1.54) is 12.1 Å². The van der Waals surface area contributed by atoms with Crippen LogP contribution in [0.3, 0.4) is 0 Å². The second-order valence-corrected chi connectivity index (χ2v) is 8.66. The second kappa shape index (κ2) is 7.61. The zero-order valence-corrected chi connectivity index (χ0v) is 17.1. The van der Waals surface area contributed by atoms with E-state index in [0.717, 1.165) is 0 Å². The van der Waals surface area contributed by atoms with Gasteiger partial charge in [0.05, 0.1) is 9.79 Å². The Hall–Kier alpha value is -2.53. The molecule has 2 aromatic carbocycles. The highest BCUT2D eigenvalue weighted by Crippen LogP contribution is 2.38. The van der Waals surface area contributed by atoms with Crippen molar-refractivity contribution in [3.8, 4) is 11.5 Å². The van der Waals surface area contributed by atoms with Gasteiger partial charge in [-0.3, -0.25) is 0 Å². The monoisotopic (exact) mass is 386 g/mol. The molecule has 0 aliphatic carbocycles. The van der Waals surface area contributed by atoms with Crippen molar-refractivity contribution in [2.45, 2.75) is 50.3 Å². The molecule has 2 aromatic rings. The molecule has 5 heteroatoms. The Morgan fingerprint density at radius 1 is 0.815 bits per heavy atom. The van der Waals surface area contributed by atoms with Crippen LogP contribution in [0.5, 0.6) is 11.5 Å². The Labute approximate surface area is 161 Å². The van der Waals surface area contributed by atoms with Crippen molar-refractivity contribution in [3.63, 3.8) is 0 Å². The van der Waals surface area contributed by atoms with Gasteiger partial charge in [0.15, 0.2) is 0 Å². The molecule has 0 amide bonds. The van der Waals surface area contributed by atoms with Crippen LogP contribution < -0.4 is 0 Å². The van der Waals surface area contributed by atoms with Gasteiger partial charge in [-0.2, -0.15) is 0 Å². The molecule has 2 N–H and O–H groups in total. The zero-order valence-electron chi connectivity index (χ0n) is 16.3. The van der Waals surface area contributed by atoms with Crippen molar-refractivity contribution in [2.75, 3.05) is 0 Å². The van der Waals surface area contributed by atoms with Crippen LogP contribution in [-0.2, 0) is 22.7 Å². The second-order valence-electron chi connectivity index (χ2n) is 6.78. The van der Waals surface area contributed by atoms with Crippen LogP contribution in [0.2, 0.25) is 0 Å². The Bertz CT molecular complexity index is 954. The molecule has 0 radical (unpaired) electrons. The summed E-state index contributed by atoms with van der Waals surface area (Å²) < 4.78 is 27.0. The first kappa shape index (κ1) is 20.8. The maximum Gasteiger partial charge on any atom is 0.207 e. The van der Waals surface area contributed by atoms with E-state index in [2.05, 4.69) is 13.2 Å². The lowest BCUT2D eigenvalue weighted by molar-refractivity contribution is 0.464. The van der Waals surface area contributed by atoms with Crippen LogP contribution in [0.1, 0.15) is 33.4 Å². The van der Waals surface area contributed by atoms with Crippen molar-refractivity contribution in [3.05, 3.63) is 70.8 Å². The van der Waals surface area contributed by atoms with Crippen molar-refractivity contribution in [1.82, 2.24) is 0 Å². The summed E-state index contributed by atoms with van der Waals surface area (Å²) >= 11 is 0. The van der Waals surface area contributed by atoms with Gasteiger partial charge >= 0.3 is 0 Å². The minimum Gasteiger partial charge on any atom is -0.507 e. The predicted molar refractivity (Wildman–Crippen MR) is 108 cm³/mol. The van der Waals surface area contributed by atoms with Crippen LogP contribution in [0.4, 0.5) is 0 Å². The number of hydrogen-bond donors (Lipinski definition) is 2. The number of rotatable bonds is 6. The van der Waals surface area contributed by atoms with Crippen LogP contribution in [-0.4, -0.2) is 18.6 Å². The summed E-state index contributed by atoms with van der Waals surface area (Å²) in [7, 11) is -3.85. The summed E-state index contributed by atoms with van der Waals surface area (Å²) in [6.45, 7) is 14.1. The SMILES string of the molecule is C=CCc1c(C)c(S(=O)(=O)c2cc(C)c(O)c(CC=C)c2C)cc(C)c1O. The molecule has 0 saturated heterocycles. The lowest BCUT2D eigenvalue weighted by atomic mass is 10.0. The van der Waals surface area contributed by atoms with Gasteiger partial charge < -0.3 is 10.2 Å². The molecular weight excluding hydrogens is 360 g/mol. The summed E-state index contributed by atoms with van der Waals surface area (Å²) in [5.74, 6) is 0.189. The number of phenols is 2. The lowest BCUT2D eigenvalue weighted by Gasteiger charge is -2.19. The normalized spacial score (nSPS) is 11.4. The quantitative estimate of drug-likeness (QED) is 0.710. The molecule has 0 atom stereocenters. The molecule has 0 aromatic heterocycles. The molecule has 0 heterocycles. The minimum atomic E-state index is -3.85. The van der Waals surface area contributed by atoms with E-state index in [4.69, 9.17) is 0 Å². The number of allylic oxidation sites excluding steroid dienone is 2. The van der Waals surface area contributed by atoms with Crippen LogP contribution in [0.15, 0.2) is 47.2 Å². The Balaban J connectivity index is 2.85. The van der Waals surface area contributed by atoms with E-state index in [9.17, 15) is 18.6 Å². The Kier molecular flexibility index (Phi) is 5.85. The van der Waals surface area contributed by atoms with Gasteiger partial charge in [0, 0.05) is 11.1 Å². The third-order valence-electron chi connectivity index (χ3n) is 4.93. The van der Waals surface area contributed by atoms with Gasteiger partial charge in [-0.25, -0.2) is 8.42 Å². The van der Waals surface area contributed by atoms with Crippen LogP contribution in [0, 0.1) is 27.7 Å². The van der Waals surface area contributed by atoms with E-state index >= 15 is 0 Å². The smallest absolute Gasteiger partial charge is 0.207 e. The van der Waals surface area contributed by atoms with Gasteiger partial charge in [0.1, 0.15) is 11.5 Å². The van der Waals surface area contributed by atoms with Crippen molar-refractivity contribution in [1.29, 1.82) is 0 Å². The highest BCUT2D eigenvalue weighted by Gasteiger charge is 2.27. The molecule has 0 unspecified atom stereocenters. The van der Waals surface area contributed by atoms with Gasteiger partial charge in [-0.1, -0.05) is 12.2 Å². The highest BCUT2D eigenvalue weighted by molar-refractivity contribution is 7.91. The van der Waals surface area contributed by atoms with E-state index in [1.807, 2.05) is 0 Å². The number of sulfone groups is 1. The molecule has 0 saturated carbocycles.